The number of aliphatic carboxylic acids is 1. The monoisotopic (exact) mass is 772 g/mol. The Labute approximate surface area is 322 Å². The predicted octanol–water partition coefficient (Wildman–Crippen LogP) is 8.98. The first-order chi connectivity index (χ1) is 26.2. The van der Waals surface area contributed by atoms with Gasteiger partial charge >= 0.3 is 5.97 Å². The molecule has 55 heavy (non-hydrogen) atoms. The molecule has 1 fully saturated rings. The van der Waals surface area contributed by atoms with Crippen LogP contribution in [0, 0.1) is 23.0 Å². The Morgan fingerprint density at radius 3 is 2.40 bits per heavy atom. The number of carboxylic acids is 1. The fourth-order valence-corrected chi connectivity index (χ4v) is 8.22. The van der Waals surface area contributed by atoms with Gasteiger partial charge in [0.1, 0.15) is 23.0 Å². The third-order valence-corrected chi connectivity index (χ3v) is 11.7. The highest BCUT2D eigenvalue weighted by molar-refractivity contribution is 7.89. The molecule has 0 amide bonds. The Morgan fingerprint density at radius 1 is 1.02 bits per heavy atom. The number of nitro benzene ring substituents is 1. The fraction of sp³-hybridized carbons (Fsp3) is 0.357. The van der Waals surface area contributed by atoms with E-state index in [1.165, 1.54) is 30.6 Å². The fourth-order valence-electron chi connectivity index (χ4n) is 7.02. The smallest absolute Gasteiger partial charge is 0.341 e. The topological polar surface area (TPSA) is 155 Å². The van der Waals surface area contributed by atoms with Gasteiger partial charge in [0, 0.05) is 48.2 Å². The summed E-state index contributed by atoms with van der Waals surface area (Å²) >= 11 is 0. The Kier molecular flexibility index (Phi) is 13.3. The molecule has 1 N–H and O–H groups in total. The number of rotatable bonds is 17. The number of para-hydroxylation sites is 1. The van der Waals surface area contributed by atoms with Gasteiger partial charge in [-0.2, -0.15) is 4.31 Å². The summed E-state index contributed by atoms with van der Waals surface area (Å²) in [5, 5.41) is 21.0. The van der Waals surface area contributed by atoms with Gasteiger partial charge in [-0.15, -0.1) is 0 Å². The van der Waals surface area contributed by atoms with Crippen molar-refractivity contribution in [2.75, 3.05) is 20.8 Å². The van der Waals surface area contributed by atoms with Gasteiger partial charge in [-0.3, -0.25) is 10.1 Å². The molecule has 0 aliphatic carbocycles. The van der Waals surface area contributed by atoms with Gasteiger partial charge in [0.25, 0.3) is 5.69 Å². The summed E-state index contributed by atoms with van der Waals surface area (Å²) in [6.07, 6.45) is 1.89. The van der Waals surface area contributed by atoms with Crippen LogP contribution in [0.5, 0.6) is 23.0 Å². The van der Waals surface area contributed by atoms with Gasteiger partial charge < -0.3 is 24.1 Å². The molecule has 0 aromatic heterocycles. The lowest BCUT2D eigenvalue weighted by Gasteiger charge is -2.43. The maximum Gasteiger partial charge on any atom is 0.341 e. The van der Waals surface area contributed by atoms with Crippen molar-refractivity contribution in [1.82, 2.24) is 4.31 Å². The second-order valence-corrected chi connectivity index (χ2v) is 15.9. The average molecular weight is 773 g/mol. The van der Waals surface area contributed by atoms with E-state index in [1.54, 1.807) is 43.3 Å². The lowest BCUT2D eigenvalue weighted by atomic mass is 9.74. The molecule has 13 heteroatoms. The van der Waals surface area contributed by atoms with Gasteiger partial charge in [0.2, 0.25) is 10.0 Å². The highest BCUT2D eigenvalue weighted by atomic mass is 32.2. The van der Waals surface area contributed by atoms with Crippen molar-refractivity contribution in [1.29, 1.82) is 0 Å². The van der Waals surface area contributed by atoms with E-state index < -0.39 is 39.7 Å². The largest absolute Gasteiger partial charge is 0.496 e. The Morgan fingerprint density at radius 2 is 1.75 bits per heavy atom. The summed E-state index contributed by atoms with van der Waals surface area (Å²) in [7, 11) is -1.08. The number of hydrogen-bond acceptors (Lipinski definition) is 9. The molecule has 12 nitrogen and oxygen atoms in total. The molecule has 1 aliphatic rings. The molecule has 0 spiro atoms. The molecule has 4 aromatic carbocycles. The molecule has 1 saturated heterocycles. The zero-order valence-corrected chi connectivity index (χ0v) is 32.6. The number of methoxy groups -OCH3 is 1. The molecule has 0 unspecified atom stereocenters. The summed E-state index contributed by atoms with van der Waals surface area (Å²) in [4.78, 5) is 22.7. The van der Waals surface area contributed by atoms with E-state index in [1.807, 2.05) is 43.3 Å². The van der Waals surface area contributed by atoms with E-state index in [0.29, 0.717) is 58.1 Å². The average Bonchev–Trinajstić information content (AvgIpc) is 3.16. The lowest BCUT2D eigenvalue weighted by Crippen LogP contribution is -2.36. The van der Waals surface area contributed by atoms with E-state index in [-0.39, 0.29) is 29.0 Å². The van der Waals surface area contributed by atoms with E-state index in [0.717, 1.165) is 18.4 Å². The van der Waals surface area contributed by atoms with Crippen LogP contribution in [-0.4, -0.2) is 55.6 Å². The molecule has 1 aliphatic heterocycles. The molecular formula is C42H48N2O10S. The minimum absolute atomic E-state index is 0.0470. The molecule has 0 radical (unpaired) electrons. The van der Waals surface area contributed by atoms with Crippen molar-refractivity contribution < 1.29 is 42.2 Å². The first kappa shape index (κ1) is 40.9. The second-order valence-electron chi connectivity index (χ2n) is 13.9. The van der Waals surface area contributed by atoms with Crippen LogP contribution in [0.15, 0.2) is 102 Å². The summed E-state index contributed by atoms with van der Waals surface area (Å²) < 4.78 is 54.2. The Balaban J connectivity index is 1.53. The van der Waals surface area contributed by atoms with Crippen LogP contribution in [0.4, 0.5) is 5.69 Å². The zero-order valence-electron chi connectivity index (χ0n) is 31.8. The van der Waals surface area contributed by atoms with Crippen molar-refractivity contribution in [2.24, 2.45) is 5.92 Å². The number of nitro groups is 1. The highest BCUT2D eigenvalue weighted by Gasteiger charge is 2.42. The van der Waals surface area contributed by atoms with E-state index in [2.05, 4.69) is 13.5 Å². The van der Waals surface area contributed by atoms with Crippen molar-refractivity contribution in [3.63, 3.8) is 0 Å². The van der Waals surface area contributed by atoms with Gasteiger partial charge in [0.05, 0.1) is 29.1 Å². The maximum atomic E-state index is 14.1. The van der Waals surface area contributed by atoms with Crippen molar-refractivity contribution >= 4 is 21.7 Å². The number of nitrogens with zero attached hydrogens (tertiary/aromatic N) is 2. The number of benzene rings is 4. The molecule has 292 valence electrons. The number of unbranched alkanes of at least 4 members (excludes halogenated alkanes) is 1. The van der Waals surface area contributed by atoms with Gasteiger partial charge in [-0.25, -0.2) is 13.2 Å². The normalized spacial score (nSPS) is 18.4. The predicted molar refractivity (Wildman–Crippen MR) is 208 cm³/mol. The molecular weight excluding hydrogens is 725 g/mol. The van der Waals surface area contributed by atoms with Crippen LogP contribution in [0.3, 0.4) is 0 Å². The molecule has 1 heterocycles. The minimum Gasteiger partial charge on any atom is -0.496 e. The third-order valence-electron chi connectivity index (χ3n) is 9.92. The van der Waals surface area contributed by atoms with Crippen LogP contribution < -0.4 is 14.2 Å². The molecule has 4 atom stereocenters. The number of ether oxygens (including phenoxy) is 4. The second kappa shape index (κ2) is 17.9. The van der Waals surface area contributed by atoms with Crippen LogP contribution in [0.1, 0.15) is 73.8 Å². The highest BCUT2D eigenvalue weighted by Crippen LogP contribution is 2.51. The van der Waals surface area contributed by atoms with Gasteiger partial charge in [-0.05, 0) is 80.8 Å². The van der Waals surface area contributed by atoms with E-state index in [9.17, 15) is 28.4 Å². The standard InChI is InChI=1S/C42H48N2O10S/c1-7-8-14-40-35(34-23-32(18-20-38(34)51-6)55(49,50)43(5)25-29-16-15-28(4)37(21-29)44(47)48)24-33(27(2)3)42(54-40)36-22-31(53-30-12-10-9-11-13-30)17-19-39(36)52-26-41(45)46/h9-13,15-23,33,35,40,42H,2,7-8,14,24-26H2,1,3-6H3,(H,45,46)/t33-,35-,40+,42+/m0/s1. The number of aryl methyl sites for hydroxylation is 1. The first-order valence-electron chi connectivity index (χ1n) is 18.1. The number of hydrogen-bond donors (Lipinski definition) is 1. The van der Waals surface area contributed by atoms with Crippen LogP contribution in [0.25, 0.3) is 0 Å². The lowest BCUT2D eigenvalue weighted by molar-refractivity contribution is -0.385. The molecule has 4 aromatic rings. The third kappa shape index (κ3) is 9.71. The number of sulfonamides is 1. The quantitative estimate of drug-likeness (QED) is 0.0625. The van der Waals surface area contributed by atoms with Gasteiger partial charge in [0.15, 0.2) is 6.61 Å². The van der Waals surface area contributed by atoms with Crippen molar-refractivity contribution in [3.05, 3.63) is 129 Å². The Bertz CT molecular complexity index is 2120. The Hall–Kier alpha value is -5.24. The minimum atomic E-state index is -4.06. The molecule has 5 rings (SSSR count). The summed E-state index contributed by atoms with van der Waals surface area (Å²) in [6, 6.07) is 24.0. The van der Waals surface area contributed by atoms with Crippen molar-refractivity contribution in [2.45, 2.75) is 76.0 Å². The summed E-state index contributed by atoms with van der Waals surface area (Å²) in [5.74, 6) is 0.267. The summed E-state index contributed by atoms with van der Waals surface area (Å²) in [5.41, 5.74) is 2.99. The van der Waals surface area contributed by atoms with E-state index >= 15 is 0 Å². The maximum absolute atomic E-state index is 14.1. The summed E-state index contributed by atoms with van der Waals surface area (Å²) in [6.45, 7) is 9.33. The van der Waals surface area contributed by atoms with E-state index in [4.69, 9.17) is 18.9 Å². The SMILES string of the molecule is C=C(C)[C@@H]1C[C@@H](c2cc(S(=O)(=O)N(C)Cc3ccc(C)c([N+](=O)[O-])c3)ccc2OC)[C@@H](CCCC)O[C@H]1c1cc(Oc2ccccc2)ccc1OCC(=O)O. The van der Waals surface area contributed by atoms with Crippen molar-refractivity contribution in [3.8, 4) is 23.0 Å². The molecule has 0 bridgehead atoms. The number of carboxylic acid groups (broad SMARTS) is 1. The molecule has 0 saturated carbocycles. The number of carbonyl (C=O) groups is 1. The van der Waals surface area contributed by atoms with Crippen LogP contribution >= 0.6 is 0 Å². The first-order valence-corrected chi connectivity index (χ1v) is 19.6. The van der Waals surface area contributed by atoms with Gasteiger partial charge in [-0.1, -0.05) is 62.2 Å². The zero-order chi connectivity index (χ0) is 39.9. The van der Waals surface area contributed by atoms with Crippen LogP contribution in [-0.2, 0) is 26.1 Å². The van der Waals surface area contributed by atoms with Crippen LogP contribution in [0.2, 0.25) is 0 Å².